The zero-order chi connectivity index (χ0) is 23.9. The van der Waals surface area contributed by atoms with E-state index in [4.69, 9.17) is 4.74 Å². The number of halogens is 1. The average Bonchev–Trinajstić information content (AvgIpc) is 3.04. The molecule has 1 aliphatic heterocycles. The standard InChI is InChI=1S/C28H31FO5/c29-20-6-2-5-19(15-20)28(12-3-13-28)26(31)11-10-21-22-7-1-4-17-8-9-18(27(32)33)14-24(17)34-25(22)16-23(21)30/h2,5-6,8-11,14-15,21-23,25-26,30-31H,1,3-4,7,12-13,16H2,(H,32,33)/b11-10+/t21-,22-,23-,25+,26?/m1/s1. The second-order valence-corrected chi connectivity index (χ2v) is 10.1. The van der Waals surface area contributed by atoms with Gasteiger partial charge in [-0.15, -0.1) is 0 Å². The molecule has 2 aliphatic carbocycles. The van der Waals surface area contributed by atoms with Gasteiger partial charge >= 0.3 is 5.97 Å². The quantitative estimate of drug-likeness (QED) is 0.559. The summed E-state index contributed by atoms with van der Waals surface area (Å²) < 4.78 is 20.1. The number of aryl methyl sites for hydroxylation is 1. The number of aliphatic hydroxyl groups is 2. The number of carboxylic acid groups (broad SMARTS) is 1. The van der Waals surface area contributed by atoms with Crippen molar-refractivity contribution in [1.82, 2.24) is 0 Å². The number of benzene rings is 2. The highest BCUT2D eigenvalue weighted by Crippen LogP contribution is 2.48. The van der Waals surface area contributed by atoms with E-state index >= 15 is 0 Å². The number of carboxylic acids is 1. The lowest BCUT2D eigenvalue weighted by atomic mass is 9.61. The summed E-state index contributed by atoms with van der Waals surface area (Å²) in [5.74, 6) is -0.785. The Morgan fingerprint density at radius 2 is 2.00 bits per heavy atom. The van der Waals surface area contributed by atoms with Gasteiger partial charge in [0.05, 0.1) is 17.8 Å². The molecule has 0 amide bonds. The maximum atomic E-state index is 13.9. The first-order valence-electron chi connectivity index (χ1n) is 12.2. The molecular weight excluding hydrogens is 435 g/mol. The molecule has 0 saturated heterocycles. The molecule has 0 spiro atoms. The summed E-state index contributed by atoms with van der Waals surface area (Å²) in [7, 11) is 0. The van der Waals surface area contributed by atoms with E-state index < -0.39 is 23.6 Å². The highest BCUT2D eigenvalue weighted by Gasteiger charge is 2.46. The number of carbonyl (C=O) groups is 1. The minimum Gasteiger partial charge on any atom is -0.490 e. The zero-order valence-electron chi connectivity index (χ0n) is 19.1. The Balaban J connectivity index is 1.35. The largest absolute Gasteiger partial charge is 0.490 e. The molecule has 180 valence electrons. The Labute approximate surface area is 198 Å². The lowest BCUT2D eigenvalue weighted by molar-refractivity contribution is 0.0611. The second kappa shape index (κ2) is 9.16. The predicted molar refractivity (Wildman–Crippen MR) is 125 cm³/mol. The van der Waals surface area contributed by atoms with Crippen molar-refractivity contribution in [1.29, 1.82) is 0 Å². The van der Waals surface area contributed by atoms with Gasteiger partial charge in [-0.2, -0.15) is 0 Å². The van der Waals surface area contributed by atoms with Crippen molar-refractivity contribution in [2.45, 2.75) is 68.7 Å². The monoisotopic (exact) mass is 466 g/mol. The molecule has 3 N–H and O–H groups in total. The minimum atomic E-state index is -0.991. The number of aromatic carboxylic acids is 1. The van der Waals surface area contributed by atoms with Crippen LogP contribution in [0, 0.1) is 17.7 Å². The molecule has 0 aromatic heterocycles. The van der Waals surface area contributed by atoms with Crippen LogP contribution < -0.4 is 4.74 Å². The Hall–Kier alpha value is -2.70. The van der Waals surface area contributed by atoms with Crippen molar-refractivity contribution in [2.75, 3.05) is 0 Å². The molecule has 2 aromatic rings. The van der Waals surface area contributed by atoms with Gasteiger partial charge in [-0.05, 0) is 67.5 Å². The molecule has 5 atom stereocenters. The molecule has 3 aliphatic rings. The lowest BCUT2D eigenvalue weighted by Gasteiger charge is -2.45. The molecule has 5 nitrogen and oxygen atoms in total. The third-order valence-corrected chi connectivity index (χ3v) is 8.19. The van der Waals surface area contributed by atoms with Gasteiger partial charge in [0.1, 0.15) is 17.7 Å². The van der Waals surface area contributed by atoms with E-state index in [0.29, 0.717) is 12.2 Å². The molecule has 0 radical (unpaired) electrons. The van der Waals surface area contributed by atoms with Crippen LogP contribution in [0.2, 0.25) is 0 Å². The number of aliphatic hydroxyl groups excluding tert-OH is 2. The minimum absolute atomic E-state index is 0.0756. The van der Waals surface area contributed by atoms with Crippen LogP contribution in [0.3, 0.4) is 0 Å². The van der Waals surface area contributed by atoms with E-state index in [0.717, 1.165) is 49.7 Å². The Kier molecular flexibility index (Phi) is 6.21. The summed E-state index contributed by atoms with van der Waals surface area (Å²) in [4.78, 5) is 11.4. The van der Waals surface area contributed by atoms with Crippen molar-refractivity contribution in [3.05, 3.63) is 77.1 Å². The summed E-state index contributed by atoms with van der Waals surface area (Å²) in [5.41, 5.74) is 1.53. The maximum Gasteiger partial charge on any atom is 0.335 e. The van der Waals surface area contributed by atoms with Crippen LogP contribution in [0.25, 0.3) is 0 Å². The second-order valence-electron chi connectivity index (χ2n) is 10.1. The summed E-state index contributed by atoms with van der Waals surface area (Å²) in [6.07, 6.45) is 7.76. The molecule has 1 heterocycles. The van der Waals surface area contributed by atoms with E-state index in [1.165, 1.54) is 12.1 Å². The fraction of sp³-hybridized carbons (Fsp3) is 0.464. The van der Waals surface area contributed by atoms with Gasteiger partial charge in [-0.25, -0.2) is 9.18 Å². The van der Waals surface area contributed by atoms with E-state index in [1.807, 2.05) is 18.2 Å². The molecule has 2 aromatic carbocycles. The van der Waals surface area contributed by atoms with Crippen LogP contribution in [0.1, 0.15) is 60.0 Å². The van der Waals surface area contributed by atoms with Crippen LogP contribution >= 0.6 is 0 Å². The number of ether oxygens (including phenoxy) is 1. The van der Waals surface area contributed by atoms with Gasteiger partial charge in [0.15, 0.2) is 0 Å². The van der Waals surface area contributed by atoms with Gasteiger partial charge < -0.3 is 20.1 Å². The smallest absolute Gasteiger partial charge is 0.335 e. The summed E-state index contributed by atoms with van der Waals surface area (Å²) in [6.45, 7) is 0. The normalized spacial score (nSPS) is 28.7. The lowest BCUT2D eigenvalue weighted by Crippen LogP contribution is -2.44. The first-order valence-corrected chi connectivity index (χ1v) is 12.2. The highest BCUT2D eigenvalue weighted by atomic mass is 19.1. The molecule has 1 unspecified atom stereocenters. The molecular formula is C28H31FO5. The molecule has 0 bridgehead atoms. The summed E-state index contributed by atoms with van der Waals surface area (Å²) in [5, 5.41) is 31.4. The fourth-order valence-corrected chi connectivity index (χ4v) is 6.11. The SMILES string of the molecule is O=C(O)c1ccc2c(c1)O[C@H]1C[C@@H](O)[C@H](/C=C/C(O)C3(c4cccc(F)c4)CCC3)[C@H]1CCC2. The van der Waals surface area contributed by atoms with Crippen molar-refractivity contribution in [3.8, 4) is 5.75 Å². The van der Waals surface area contributed by atoms with Crippen LogP contribution in [0.5, 0.6) is 5.75 Å². The Morgan fingerprint density at radius 3 is 2.71 bits per heavy atom. The van der Waals surface area contributed by atoms with Gasteiger partial charge in [0.25, 0.3) is 0 Å². The first-order chi connectivity index (χ1) is 16.4. The van der Waals surface area contributed by atoms with E-state index in [-0.39, 0.29) is 29.3 Å². The van der Waals surface area contributed by atoms with Crippen LogP contribution in [0.15, 0.2) is 54.6 Å². The van der Waals surface area contributed by atoms with Gasteiger partial charge in [-0.1, -0.05) is 36.8 Å². The number of rotatable bonds is 5. The number of hydrogen-bond donors (Lipinski definition) is 3. The van der Waals surface area contributed by atoms with Gasteiger partial charge in [0.2, 0.25) is 0 Å². The molecule has 2 saturated carbocycles. The number of hydrogen-bond acceptors (Lipinski definition) is 4. The Bertz CT molecular complexity index is 1090. The summed E-state index contributed by atoms with van der Waals surface area (Å²) in [6, 6.07) is 11.5. The van der Waals surface area contributed by atoms with Crippen molar-refractivity contribution in [3.63, 3.8) is 0 Å². The molecule has 6 heteroatoms. The topological polar surface area (TPSA) is 87.0 Å². The first kappa shape index (κ1) is 23.1. The van der Waals surface area contributed by atoms with Crippen LogP contribution in [0.4, 0.5) is 4.39 Å². The van der Waals surface area contributed by atoms with E-state index in [1.54, 1.807) is 24.3 Å². The van der Waals surface area contributed by atoms with Crippen molar-refractivity contribution >= 4 is 5.97 Å². The third kappa shape index (κ3) is 4.14. The average molecular weight is 467 g/mol. The summed E-state index contributed by atoms with van der Waals surface area (Å²) >= 11 is 0. The van der Waals surface area contributed by atoms with Gasteiger partial charge in [0, 0.05) is 23.7 Å². The predicted octanol–water partition coefficient (Wildman–Crippen LogP) is 4.64. The molecule has 2 fully saturated rings. The van der Waals surface area contributed by atoms with E-state index in [2.05, 4.69) is 0 Å². The fourth-order valence-electron chi connectivity index (χ4n) is 6.11. The zero-order valence-corrected chi connectivity index (χ0v) is 19.1. The highest BCUT2D eigenvalue weighted by molar-refractivity contribution is 5.88. The number of fused-ring (bicyclic) bond motifs is 2. The van der Waals surface area contributed by atoms with E-state index in [9.17, 15) is 24.5 Å². The Morgan fingerprint density at radius 1 is 1.18 bits per heavy atom. The van der Waals surface area contributed by atoms with Crippen LogP contribution in [-0.2, 0) is 11.8 Å². The molecule has 34 heavy (non-hydrogen) atoms. The third-order valence-electron chi connectivity index (χ3n) is 8.19. The molecule has 5 rings (SSSR count). The van der Waals surface area contributed by atoms with Gasteiger partial charge in [-0.3, -0.25) is 0 Å². The van der Waals surface area contributed by atoms with Crippen molar-refractivity contribution < 1.29 is 29.2 Å². The maximum absolute atomic E-state index is 13.9. The van der Waals surface area contributed by atoms with Crippen molar-refractivity contribution in [2.24, 2.45) is 11.8 Å². The van der Waals surface area contributed by atoms with Crippen LogP contribution in [-0.4, -0.2) is 39.6 Å².